The molecule has 3 N–H and O–H groups in total. The number of nitrogens with one attached hydrogen (secondary N) is 1. The zero-order valence-electron chi connectivity index (χ0n) is 8.99. The normalized spacial score (nSPS) is 11.2. The number of benzene rings is 1. The van der Waals surface area contributed by atoms with Gasteiger partial charge >= 0.3 is 0 Å². The molecular weight excluding hydrogens is 284 g/mol. The molecule has 2 heterocycles. The highest BCUT2D eigenvalue weighted by atomic mass is 79.9. The summed E-state index contributed by atoms with van der Waals surface area (Å²) in [5.74, 6) is 1.40. The second kappa shape index (κ2) is 3.59. The summed E-state index contributed by atoms with van der Waals surface area (Å²) in [6, 6.07) is 5.57. The van der Waals surface area contributed by atoms with Crippen LogP contribution in [0.15, 0.2) is 27.2 Å². The van der Waals surface area contributed by atoms with Gasteiger partial charge in [-0.05, 0) is 19.1 Å². The lowest BCUT2D eigenvalue weighted by atomic mass is 10.3. The number of H-pyrrole nitrogens is 1. The van der Waals surface area contributed by atoms with E-state index >= 15 is 0 Å². The van der Waals surface area contributed by atoms with Crippen LogP contribution in [0.3, 0.4) is 0 Å². The lowest BCUT2D eigenvalue weighted by molar-refractivity contribution is 0.399. The number of imidazole rings is 1. The van der Waals surface area contributed by atoms with E-state index in [2.05, 4.69) is 31.1 Å². The molecule has 0 bridgehead atoms. The van der Waals surface area contributed by atoms with Gasteiger partial charge in [0.05, 0.1) is 11.2 Å². The van der Waals surface area contributed by atoms with Crippen molar-refractivity contribution in [2.24, 2.45) is 0 Å². The second-order valence-electron chi connectivity index (χ2n) is 3.80. The van der Waals surface area contributed by atoms with Crippen LogP contribution in [-0.2, 0) is 0 Å². The molecule has 5 nitrogen and oxygen atoms in total. The van der Waals surface area contributed by atoms with Crippen LogP contribution in [-0.4, -0.2) is 15.1 Å². The molecule has 2 aromatic heterocycles. The number of nitrogens with zero attached hydrogens (tertiary/aromatic N) is 2. The second-order valence-corrected chi connectivity index (χ2v) is 4.72. The molecule has 0 spiro atoms. The number of aromatic nitrogens is 3. The van der Waals surface area contributed by atoms with Crippen LogP contribution >= 0.6 is 15.9 Å². The molecule has 3 rings (SSSR count). The first-order valence-corrected chi connectivity index (χ1v) is 5.81. The molecule has 0 saturated heterocycles. The first-order chi connectivity index (χ1) is 8.13. The quantitative estimate of drug-likeness (QED) is 0.676. The van der Waals surface area contributed by atoms with E-state index in [0.717, 1.165) is 21.3 Å². The van der Waals surface area contributed by atoms with Gasteiger partial charge in [0.1, 0.15) is 17.0 Å². The predicted molar refractivity (Wildman–Crippen MR) is 68.4 cm³/mol. The Bertz CT molecular complexity index is 701. The fourth-order valence-corrected chi connectivity index (χ4v) is 2.18. The number of anilines is 1. The van der Waals surface area contributed by atoms with Gasteiger partial charge in [0.15, 0.2) is 5.82 Å². The van der Waals surface area contributed by atoms with E-state index in [-0.39, 0.29) is 0 Å². The van der Waals surface area contributed by atoms with Gasteiger partial charge in [0, 0.05) is 10.5 Å². The molecule has 0 atom stereocenters. The molecule has 0 aliphatic carbocycles. The minimum absolute atomic E-state index is 0.622. The van der Waals surface area contributed by atoms with Crippen LogP contribution in [0.4, 0.5) is 5.69 Å². The molecule has 6 heteroatoms. The minimum atomic E-state index is 0.622. The van der Waals surface area contributed by atoms with Crippen molar-refractivity contribution in [3.63, 3.8) is 0 Å². The van der Waals surface area contributed by atoms with Crippen LogP contribution in [0, 0.1) is 6.92 Å². The molecule has 0 radical (unpaired) electrons. The molecule has 1 aromatic carbocycles. The van der Waals surface area contributed by atoms with Gasteiger partial charge < -0.3 is 15.2 Å². The topological polar surface area (TPSA) is 80.7 Å². The van der Waals surface area contributed by atoms with E-state index in [1.807, 2.05) is 25.1 Å². The first kappa shape index (κ1) is 10.3. The largest absolute Gasteiger partial charge is 0.397 e. The molecule has 0 saturated carbocycles. The highest BCUT2D eigenvalue weighted by molar-refractivity contribution is 9.10. The zero-order chi connectivity index (χ0) is 12.0. The summed E-state index contributed by atoms with van der Waals surface area (Å²) >= 11 is 3.39. The molecule has 0 aliphatic heterocycles. The Morgan fingerprint density at radius 3 is 2.88 bits per heavy atom. The van der Waals surface area contributed by atoms with E-state index < -0.39 is 0 Å². The highest BCUT2D eigenvalue weighted by Gasteiger charge is 2.11. The highest BCUT2D eigenvalue weighted by Crippen LogP contribution is 2.27. The fourth-order valence-electron chi connectivity index (χ4n) is 1.71. The molecule has 0 amide bonds. The summed E-state index contributed by atoms with van der Waals surface area (Å²) in [5.41, 5.74) is 8.80. The number of hydrogen-bond donors (Lipinski definition) is 2. The van der Waals surface area contributed by atoms with E-state index in [9.17, 15) is 0 Å². The van der Waals surface area contributed by atoms with Gasteiger partial charge in [-0.1, -0.05) is 21.1 Å². The molecular formula is C11H9BrN4O. The van der Waals surface area contributed by atoms with Crippen molar-refractivity contribution in [2.75, 3.05) is 5.73 Å². The Hall–Kier alpha value is -1.82. The van der Waals surface area contributed by atoms with Gasteiger partial charge in [0.25, 0.3) is 0 Å². The third kappa shape index (κ3) is 1.70. The molecule has 17 heavy (non-hydrogen) atoms. The average Bonchev–Trinajstić information content (AvgIpc) is 2.83. The van der Waals surface area contributed by atoms with E-state index in [1.165, 1.54) is 0 Å². The summed E-state index contributed by atoms with van der Waals surface area (Å²) in [5, 5.41) is 3.91. The smallest absolute Gasteiger partial charge is 0.160 e. The fraction of sp³-hybridized carbons (Fsp3) is 0.0909. The minimum Gasteiger partial charge on any atom is -0.397 e. The number of nitrogen functional groups attached to an aromatic ring is 1. The Morgan fingerprint density at radius 2 is 2.18 bits per heavy atom. The van der Waals surface area contributed by atoms with Crippen molar-refractivity contribution in [1.82, 2.24) is 15.1 Å². The van der Waals surface area contributed by atoms with Crippen molar-refractivity contribution in [1.29, 1.82) is 0 Å². The number of nitrogens with two attached hydrogens (primary N) is 1. The van der Waals surface area contributed by atoms with Crippen molar-refractivity contribution in [3.05, 3.63) is 28.4 Å². The molecule has 86 valence electrons. The Labute approximate surface area is 105 Å². The summed E-state index contributed by atoms with van der Waals surface area (Å²) in [6.07, 6.45) is 0. The third-order valence-corrected chi connectivity index (χ3v) is 2.91. The van der Waals surface area contributed by atoms with Gasteiger partial charge in [-0.15, -0.1) is 0 Å². The molecule has 0 aliphatic rings. The van der Waals surface area contributed by atoms with Crippen LogP contribution in [0.1, 0.15) is 5.76 Å². The van der Waals surface area contributed by atoms with Gasteiger partial charge in [-0.3, -0.25) is 0 Å². The van der Waals surface area contributed by atoms with Crippen LogP contribution in [0.2, 0.25) is 0 Å². The standard InChI is InChI=1S/C11H9BrN4O/c1-5-2-9(16-17-5)11-14-8-4-6(12)3-7(13)10(8)15-11/h2-4H,13H2,1H3,(H,14,15). The van der Waals surface area contributed by atoms with Crippen LogP contribution in [0.25, 0.3) is 22.6 Å². The SMILES string of the molecule is Cc1cc(-c2nc3c(N)cc(Br)cc3[nH]2)no1. The number of halogens is 1. The zero-order valence-corrected chi connectivity index (χ0v) is 10.6. The molecule has 0 unspecified atom stereocenters. The van der Waals surface area contributed by atoms with Crippen molar-refractivity contribution in [2.45, 2.75) is 6.92 Å². The third-order valence-electron chi connectivity index (χ3n) is 2.45. The van der Waals surface area contributed by atoms with E-state index in [1.54, 1.807) is 0 Å². The molecule has 3 aromatic rings. The van der Waals surface area contributed by atoms with Gasteiger partial charge in [-0.25, -0.2) is 4.98 Å². The van der Waals surface area contributed by atoms with E-state index in [4.69, 9.17) is 10.3 Å². The van der Waals surface area contributed by atoms with Crippen molar-refractivity contribution >= 4 is 32.7 Å². The predicted octanol–water partition coefficient (Wildman–Crippen LogP) is 2.87. The van der Waals surface area contributed by atoms with E-state index in [0.29, 0.717) is 17.2 Å². The Morgan fingerprint density at radius 1 is 1.35 bits per heavy atom. The Kier molecular flexibility index (Phi) is 2.19. The monoisotopic (exact) mass is 292 g/mol. The van der Waals surface area contributed by atoms with Crippen molar-refractivity contribution < 1.29 is 4.52 Å². The number of fused-ring (bicyclic) bond motifs is 1. The summed E-state index contributed by atoms with van der Waals surface area (Å²) in [4.78, 5) is 7.58. The lowest BCUT2D eigenvalue weighted by Crippen LogP contribution is -1.86. The average molecular weight is 293 g/mol. The maximum Gasteiger partial charge on any atom is 0.160 e. The van der Waals surface area contributed by atoms with Crippen molar-refractivity contribution in [3.8, 4) is 11.5 Å². The Balaban J connectivity index is 2.23. The number of hydrogen-bond acceptors (Lipinski definition) is 4. The van der Waals surface area contributed by atoms with Crippen LogP contribution in [0.5, 0.6) is 0 Å². The molecule has 0 fully saturated rings. The summed E-state index contributed by atoms with van der Waals surface area (Å²) in [7, 11) is 0. The first-order valence-electron chi connectivity index (χ1n) is 5.02. The number of aryl methyl sites for hydroxylation is 1. The maximum atomic E-state index is 5.90. The number of aromatic amines is 1. The summed E-state index contributed by atoms with van der Waals surface area (Å²) in [6.45, 7) is 1.84. The number of rotatable bonds is 1. The lowest BCUT2D eigenvalue weighted by Gasteiger charge is -1.94. The maximum absolute atomic E-state index is 5.90. The van der Waals surface area contributed by atoms with Gasteiger partial charge in [-0.2, -0.15) is 0 Å². The van der Waals surface area contributed by atoms with Gasteiger partial charge in [0.2, 0.25) is 0 Å². The van der Waals surface area contributed by atoms with Crippen LogP contribution < -0.4 is 5.73 Å². The summed E-state index contributed by atoms with van der Waals surface area (Å²) < 4.78 is 5.93.